The third kappa shape index (κ3) is 6.61. The summed E-state index contributed by atoms with van der Waals surface area (Å²) in [6.45, 7) is 18.4. The van der Waals surface area contributed by atoms with Crippen LogP contribution in [0.1, 0.15) is 119 Å². The number of carbonyl (C=O) groups is 4. The molecule has 1 heterocycles. The Kier molecular flexibility index (Phi) is 10.5. The Balaban J connectivity index is 1.22. The van der Waals surface area contributed by atoms with Gasteiger partial charge in [-0.1, -0.05) is 58.4 Å². The number of hydrogen-bond donors (Lipinski definition) is 1. The van der Waals surface area contributed by atoms with E-state index in [1.807, 2.05) is 6.92 Å². The molecule has 2 aromatic rings. The molecule has 1 amide bonds. The van der Waals surface area contributed by atoms with Crippen molar-refractivity contribution in [2.45, 2.75) is 132 Å². The lowest BCUT2D eigenvalue weighted by atomic mass is 9.33. The van der Waals surface area contributed by atoms with Crippen molar-refractivity contribution < 1.29 is 37.8 Å². The summed E-state index contributed by atoms with van der Waals surface area (Å²) in [5.41, 5.74) is 0.680. The normalized spacial score (nSPS) is 39.5. The molecule has 1 aromatic carbocycles. The standard InChI is InChI=1S/C45H61FN4O7/c1-26-16-19-45(40(54)47-23-32-24-50(49-48-32)33-12-10-31(46)11-13-33)21-20-43(8)34(38(45)27(26)2)14-15-37-41(6)22-35(56-29(4)52)39(57-30(5)53)42(7,25-55-28(3)51)36(41)17-18-44(37,43)9/h10-14,24,26-27,35-39H,15-23,25H2,1-9H3,(H,47,54)/t26-,27+,35-,36-,37-,38+,39+,41+,42+,43-,44-,45+/m1/s1. The molecule has 5 aliphatic rings. The highest BCUT2D eigenvalue weighted by molar-refractivity contribution is 5.84. The third-order valence-corrected chi connectivity index (χ3v) is 16.4. The molecule has 1 aromatic heterocycles. The van der Waals surface area contributed by atoms with E-state index >= 15 is 0 Å². The molecule has 4 saturated carbocycles. The molecule has 0 spiro atoms. The second-order valence-corrected chi connectivity index (χ2v) is 19.3. The smallest absolute Gasteiger partial charge is 0.303 e. The first-order valence-electron chi connectivity index (χ1n) is 20.9. The highest BCUT2D eigenvalue weighted by Gasteiger charge is 2.72. The fraction of sp³-hybridized carbons (Fsp3) is 0.689. The minimum atomic E-state index is -0.797. The number of rotatable bonds is 8. The predicted octanol–water partition coefficient (Wildman–Crippen LogP) is 7.70. The zero-order valence-corrected chi connectivity index (χ0v) is 35.2. The van der Waals surface area contributed by atoms with E-state index < -0.39 is 40.9 Å². The Hall–Kier alpha value is -4.09. The van der Waals surface area contributed by atoms with Gasteiger partial charge in [0.05, 0.1) is 23.8 Å². The van der Waals surface area contributed by atoms with E-state index in [4.69, 9.17) is 14.2 Å². The second kappa shape index (κ2) is 14.6. The lowest BCUT2D eigenvalue weighted by Gasteiger charge is -2.72. The summed E-state index contributed by atoms with van der Waals surface area (Å²) in [4.78, 5) is 52.2. The zero-order chi connectivity index (χ0) is 41.3. The first-order valence-corrected chi connectivity index (χ1v) is 20.9. The topological polar surface area (TPSA) is 139 Å². The number of esters is 3. The van der Waals surface area contributed by atoms with Crippen molar-refractivity contribution in [3.05, 3.63) is 53.6 Å². The Morgan fingerprint density at radius 2 is 1.60 bits per heavy atom. The molecule has 0 bridgehead atoms. The van der Waals surface area contributed by atoms with E-state index in [2.05, 4.69) is 56.3 Å². The fourth-order valence-electron chi connectivity index (χ4n) is 13.4. The van der Waals surface area contributed by atoms with Crippen LogP contribution < -0.4 is 5.32 Å². The maximum atomic E-state index is 14.7. The molecule has 0 aliphatic heterocycles. The summed E-state index contributed by atoms with van der Waals surface area (Å²) < 4.78 is 32.9. The van der Waals surface area contributed by atoms with Gasteiger partial charge in [0.2, 0.25) is 5.91 Å². The molecular formula is C45H61FN4O7. The summed E-state index contributed by atoms with van der Waals surface area (Å²) in [6.07, 6.45) is 9.32. The highest BCUT2D eigenvalue weighted by Crippen LogP contribution is 2.76. The fourth-order valence-corrected chi connectivity index (χ4v) is 13.4. The molecule has 4 fully saturated rings. The Morgan fingerprint density at radius 3 is 2.26 bits per heavy atom. The summed E-state index contributed by atoms with van der Waals surface area (Å²) in [7, 11) is 0. The summed E-state index contributed by atoms with van der Waals surface area (Å²) in [6, 6.07) is 6.05. The van der Waals surface area contributed by atoms with E-state index in [9.17, 15) is 23.6 Å². The molecule has 310 valence electrons. The largest absolute Gasteiger partial charge is 0.465 e. The molecule has 57 heavy (non-hydrogen) atoms. The van der Waals surface area contributed by atoms with Crippen molar-refractivity contribution in [3.8, 4) is 5.69 Å². The maximum absolute atomic E-state index is 14.7. The van der Waals surface area contributed by atoms with Crippen molar-refractivity contribution in [3.63, 3.8) is 0 Å². The molecule has 0 saturated heterocycles. The number of halogens is 1. The first-order chi connectivity index (χ1) is 26.8. The number of benzene rings is 1. The van der Waals surface area contributed by atoms with Crippen LogP contribution in [0, 0.1) is 62.5 Å². The van der Waals surface area contributed by atoms with Gasteiger partial charge in [-0.15, -0.1) is 5.10 Å². The minimum absolute atomic E-state index is 0.0141. The first kappa shape index (κ1) is 41.1. The molecule has 7 rings (SSSR count). The third-order valence-electron chi connectivity index (χ3n) is 16.4. The number of carbonyl (C=O) groups excluding carboxylic acids is 4. The number of hydrogen-bond acceptors (Lipinski definition) is 9. The van der Waals surface area contributed by atoms with Crippen LogP contribution in [0.3, 0.4) is 0 Å². The Labute approximate surface area is 336 Å². The van der Waals surface area contributed by atoms with Crippen molar-refractivity contribution in [2.75, 3.05) is 6.61 Å². The van der Waals surface area contributed by atoms with Crippen molar-refractivity contribution >= 4 is 23.8 Å². The molecule has 0 unspecified atom stereocenters. The van der Waals surface area contributed by atoms with E-state index in [1.165, 1.54) is 38.5 Å². The molecule has 12 atom stereocenters. The zero-order valence-electron chi connectivity index (χ0n) is 35.2. The van der Waals surface area contributed by atoms with Gasteiger partial charge in [0.15, 0.2) is 0 Å². The Morgan fingerprint density at radius 1 is 0.895 bits per heavy atom. The summed E-state index contributed by atoms with van der Waals surface area (Å²) >= 11 is 0. The van der Waals surface area contributed by atoms with Crippen LogP contribution in [0.2, 0.25) is 0 Å². The molecule has 1 N–H and O–H groups in total. The quantitative estimate of drug-likeness (QED) is 0.162. The van der Waals surface area contributed by atoms with Crippen LogP contribution in [0.25, 0.3) is 5.69 Å². The SMILES string of the molecule is CC(=O)OC[C@@]1(C)[C@@H]2CC[C@]3(C)[C@H](CC=C4[C@@H]5[C@@H](C)[C@H](C)CC[C@]5(C(=O)NCc5cn(-c6ccc(F)cc6)nn5)CC[C@]43C)[C@@]2(C)C[C@@H](OC(C)=O)[C@@H]1OC(C)=O. The number of nitrogens with one attached hydrogen (secondary N) is 1. The van der Waals surface area contributed by atoms with Gasteiger partial charge in [-0.2, -0.15) is 0 Å². The number of nitrogens with zero attached hydrogens (tertiary/aromatic N) is 3. The number of aromatic nitrogens is 3. The van der Waals surface area contributed by atoms with E-state index in [0.717, 1.165) is 44.9 Å². The number of allylic oxidation sites excluding steroid dienone is 2. The van der Waals surface area contributed by atoms with Crippen LogP contribution in [-0.2, 0) is 39.9 Å². The van der Waals surface area contributed by atoms with Gasteiger partial charge >= 0.3 is 17.9 Å². The van der Waals surface area contributed by atoms with Crippen molar-refractivity contribution in [1.29, 1.82) is 0 Å². The molecule has 11 nitrogen and oxygen atoms in total. The Bertz CT molecular complexity index is 1950. The van der Waals surface area contributed by atoms with Crippen LogP contribution in [-0.4, -0.2) is 57.6 Å². The number of fused-ring (bicyclic) bond motifs is 7. The van der Waals surface area contributed by atoms with Gasteiger partial charge in [0.1, 0.15) is 30.3 Å². The van der Waals surface area contributed by atoms with Crippen LogP contribution in [0.4, 0.5) is 4.39 Å². The van der Waals surface area contributed by atoms with Crippen molar-refractivity contribution in [2.24, 2.45) is 56.7 Å². The number of ether oxygens (including phenoxy) is 3. The summed E-state index contributed by atoms with van der Waals surface area (Å²) in [5, 5.41) is 11.8. The monoisotopic (exact) mass is 788 g/mol. The average Bonchev–Trinajstić information content (AvgIpc) is 3.62. The van der Waals surface area contributed by atoms with Crippen LogP contribution in [0.15, 0.2) is 42.1 Å². The van der Waals surface area contributed by atoms with Crippen molar-refractivity contribution in [1.82, 2.24) is 20.3 Å². The molecule has 5 aliphatic carbocycles. The van der Waals surface area contributed by atoms with Gasteiger partial charge in [-0.3, -0.25) is 19.2 Å². The van der Waals surface area contributed by atoms with Gasteiger partial charge in [0.25, 0.3) is 0 Å². The summed E-state index contributed by atoms with van der Waals surface area (Å²) in [5.74, 6) is -0.543. The average molecular weight is 789 g/mol. The lowest BCUT2D eigenvalue weighted by molar-refractivity contribution is -0.255. The predicted molar refractivity (Wildman–Crippen MR) is 210 cm³/mol. The molecule has 12 heteroatoms. The molecular weight excluding hydrogens is 728 g/mol. The van der Waals surface area contributed by atoms with Gasteiger partial charge in [-0.05, 0) is 121 Å². The van der Waals surface area contributed by atoms with E-state index in [-0.39, 0.29) is 58.9 Å². The highest BCUT2D eigenvalue weighted by atomic mass is 19.1. The lowest BCUT2D eigenvalue weighted by Crippen LogP contribution is -2.69. The maximum Gasteiger partial charge on any atom is 0.303 e. The van der Waals surface area contributed by atoms with Crippen LogP contribution >= 0.6 is 0 Å². The number of amides is 1. The molecule has 0 radical (unpaired) electrons. The van der Waals surface area contributed by atoms with Gasteiger partial charge in [0, 0.05) is 26.2 Å². The van der Waals surface area contributed by atoms with E-state index in [1.54, 1.807) is 23.0 Å². The van der Waals surface area contributed by atoms with E-state index in [0.29, 0.717) is 29.6 Å². The van der Waals surface area contributed by atoms with Gasteiger partial charge < -0.3 is 19.5 Å². The van der Waals surface area contributed by atoms with Gasteiger partial charge in [-0.25, -0.2) is 9.07 Å². The van der Waals surface area contributed by atoms with Crippen LogP contribution in [0.5, 0.6) is 0 Å². The minimum Gasteiger partial charge on any atom is -0.465 e. The second-order valence-electron chi connectivity index (χ2n) is 19.3.